The van der Waals surface area contributed by atoms with Crippen LogP contribution in [0.3, 0.4) is 0 Å². The second-order valence-corrected chi connectivity index (χ2v) is 8.51. The molecule has 150 valence electrons. The largest absolute Gasteiger partial charge is 0.436 e. The van der Waals surface area contributed by atoms with Gasteiger partial charge >= 0.3 is 0 Å². The summed E-state index contributed by atoms with van der Waals surface area (Å²) in [6.45, 7) is 0. The van der Waals surface area contributed by atoms with Gasteiger partial charge in [0.25, 0.3) is 5.91 Å². The number of aromatic nitrogens is 1. The van der Waals surface area contributed by atoms with Crippen LogP contribution in [0.4, 0.5) is 0 Å². The minimum absolute atomic E-state index is 0.0467. The van der Waals surface area contributed by atoms with Gasteiger partial charge < -0.3 is 9.73 Å². The summed E-state index contributed by atoms with van der Waals surface area (Å²) >= 11 is 3.44. The van der Waals surface area contributed by atoms with E-state index in [1.807, 2.05) is 48.5 Å². The van der Waals surface area contributed by atoms with Gasteiger partial charge in [-0.05, 0) is 37.1 Å². The summed E-state index contributed by atoms with van der Waals surface area (Å²) in [5.74, 6) is 1.10. The first-order chi connectivity index (χ1) is 14.2. The fourth-order valence-electron chi connectivity index (χ4n) is 3.88. The van der Waals surface area contributed by atoms with Gasteiger partial charge in [0, 0.05) is 21.6 Å². The number of carbonyl (C=O) groups is 1. The van der Waals surface area contributed by atoms with Gasteiger partial charge in [-0.25, -0.2) is 4.98 Å². The van der Waals surface area contributed by atoms with E-state index in [1.54, 1.807) is 6.20 Å². The van der Waals surface area contributed by atoms with Crippen molar-refractivity contribution < 1.29 is 9.21 Å². The molecule has 1 heterocycles. The van der Waals surface area contributed by atoms with Gasteiger partial charge in [0.15, 0.2) is 5.76 Å². The highest BCUT2D eigenvalue weighted by atomic mass is 79.9. The third-order valence-corrected chi connectivity index (χ3v) is 6.01. The molecule has 1 aromatic heterocycles. The van der Waals surface area contributed by atoms with E-state index in [-0.39, 0.29) is 11.9 Å². The quantitative estimate of drug-likeness (QED) is 0.483. The van der Waals surface area contributed by atoms with Gasteiger partial charge in [-0.2, -0.15) is 0 Å². The number of nitrogens with zero attached hydrogens (tertiary/aromatic N) is 1. The van der Waals surface area contributed by atoms with Crippen molar-refractivity contribution >= 4 is 21.8 Å². The summed E-state index contributed by atoms with van der Waals surface area (Å²) in [4.78, 5) is 17.5. The van der Waals surface area contributed by atoms with Crippen LogP contribution in [0, 0.1) is 0 Å². The van der Waals surface area contributed by atoms with Crippen LogP contribution < -0.4 is 5.32 Å². The predicted octanol–water partition coefficient (Wildman–Crippen LogP) is 6.61. The predicted molar refractivity (Wildman–Crippen MR) is 119 cm³/mol. The van der Waals surface area contributed by atoms with Gasteiger partial charge in [0.2, 0.25) is 5.89 Å². The van der Waals surface area contributed by atoms with Crippen LogP contribution in [0.5, 0.6) is 0 Å². The number of hydrogen-bond donors (Lipinski definition) is 1. The van der Waals surface area contributed by atoms with Crippen molar-refractivity contribution in [3.63, 3.8) is 0 Å². The lowest BCUT2D eigenvalue weighted by atomic mass is 9.96. The molecule has 29 heavy (non-hydrogen) atoms. The number of benzene rings is 2. The fourth-order valence-corrected chi connectivity index (χ4v) is 4.14. The highest BCUT2D eigenvalue weighted by Gasteiger charge is 2.20. The third kappa shape index (κ3) is 4.96. The number of halogens is 1. The van der Waals surface area contributed by atoms with Crippen molar-refractivity contribution in [1.82, 2.24) is 10.3 Å². The Morgan fingerprint density at radius 1 is 0.966 bits per heavy atom. The molecule has 1 amide bonds. The summed E-state index contributed by atoms with van der Waals surface area (Å²) < 4.78 is 7.02. The molecule has 1 aliphatic rings. The standard InChI is InChI=1S/C24H25BrN2O2/c25-18-14-12-17(13-15-18)22-16-26-24(29-22)21-11-7-6-10-20(21)23(28)27-19-8-4-2-1-3-5-9-19/h6-7,10-16,19H,1-5,8-9H2,(H,27,28). The number of amides is 1. The minimum atomic E-state index is -0.0467. The van der Waals surface area contributed by atoms with Gasteiger partial charge in [-0.1, -0.05) is 72.3 Å². The van der Waals surface area contributed by atoms with Gasteiger partial charge in [-0.15, -0.1) is 0 Å². The third-order valence-electron chi connectivity index (χ3n) is 5.48. The maximum Gasteiger partial charge on any atom is 0.252 e. The Bertz CT molecular complexity index is 957. The van der Waals surface area contributed by atoms with E-state index in [4.69, 9.17) is 4.42 Å². The highest BCUT2D eigenvalue weighted by molar-refractivity contribution is 9.10. The normalized spacial score (nSPS) is 15.5. The van der Waals surface area contributed by atoms with E-state index >= 15 is 0 Å². The number of hydrogen-bond acceptors (Lipinski definition) is 3. The van der Waals surface area contributed by atoms with Crippen LogP contribution in [0.15, 0.2) is 63.6 Å². The molecular weight excluding hydrogens is 428 g/mol. The lowest BCUT2D eigenvalue weighted by Crippen LogP contribution is -2.35. The molecule has 0 spiro atoms. The molecule has 0 aliphatic heterocycles. The van der Waals surface area contributed by atoms with Crippen molar-refractivity contribution in [2.75, 3.05) is 0 Å². The smallest absolute Gasteiger partial charge is 0.252 e. The Hall–Kier alpha value is -2.40. The molecular formula is C24H25BrN2O2. The maximum absolute atomic E-state index is 13.0. The summed E-state index contributed by atoms with van der Waals surface area (Å²) in [7, 11) is 0. The molecule has 1 saturated carbocycles. The average Bonchev–Trinajstić information content (AvgIpc) is 3.20. The zero-order chi connectivity index (χ0) is 20.1. The van der Waals surface area contributed by atoms with Crippen molar-refractivity contribution in [3.05, 3.63) is 64.8 Å². The molecule has 5 heteroatoms. The molecule has 3 aromatic rings. The number of rotatable bonds is 4. The van der Waals surface area contributed by atoms with E-state index in [1.165, 1.54) is 32.1 Å². The van der Waals surface area contributed by atoms with E-state index in [0.717, 1.165) is 28.4 Å². The van der Waals surface area contributed by atoms with Crippen molar-refractivity contribution in [1.29, 1.82) is 0 Å². The molecule has 0 atom stereocenters. The first-order valence-electron chi connectivity index (χ1n) is 10.3. The van der Waals surface area contributed by atoms with Gasteiger partial charge in [0.05, 0.1) is 11.8 Å². The molecule has 0 saturated heterocycles. The molecule has 2 aromatic carbocycles. The molecule has 0 unspecified atom stereocenters. The van der Waals surface area contributed by atoms with Crippen LogP contribution >= 0.6 is 15.9 Å². The lowest BCUT2D eigenvalue weighted by molar-refractivity contribution is 0.0931. The summed E-state index contributed by atoms with van der Waals surface area (Å²) in [6.07, 6.45) is 10.0. The molecule has 0 radical (unpaired) electrons. The number of nitrogens with one attached hydrogen (secondary N) is 1. The lowest BCUT2D eigenvalue weighted by Gasteiger charge is -2.21. The Kier molecular flexibility index (Phi) is 6.45. The summed E-state index contributed by atoms with van der Waals surface area (Å²) in [5.41, 5.74) is 2.28. The monoisotopic (exact) mass is 452 g/mol. The van der Waals surface area contributed by atoms with E-state index in [9.17, 15) is 4.79 Å². The Balaban J connectivity index is 1.55. The molecule has 4 rings (SSSR count). The first kappa shape index (κ1) is 19.9. The van der Waals surface area contributed by atoms with Gasteiger partial charge in [-0.3, -0.25) is 4.79 Å². The maximum atomic E-state index is 13.0. The van der Waals surface area contributed by atoms with Crippen LogP contribution in [-0.4, -0.2) is 16.9 Å². The first-order valence-corrected chi connectivity index (χ1v) is 11.1. The topological polar surface area (TPSA) is 55.1 Å². The van der Waals surface area contributed by atoms with Crippen molar-refractivity contribution in [3.8, 4) is 22.8 Å². The van der Waals surface area contributed by atoms with Crippen molar-refractivity contribution in [2.24, 2.45) is 0 Å². The second-order valence-electron chi connectivity index (χ2n) is 7.60. The van der Waals surface area contributed by atoms with Crippen LogP contribution in [0.2, 0.25) is 0 Å². The zero-order valence-electron chi connectivity index (χ0n) is 16.4. The number of oxazole rings is 1. The summed E-state index contributed by atoms with van der Waals surface area (Å²) in [6, 6.07) is 15.7. The van der Waals surface area contributed by atoms with Crippen LogP contribution in [-0.2, 0) is 0 Å². The zero-order valence-corrected chi connectivity index (χ0v) is 18.0. The Labute approximate surface area is 179 Å². The molecule has 1 aliphatic carbocycles. The molecule has 4 nitrogen and oxygen atoms in total. The minimum Gasteiger partial charge on any atom is -0.436 e. The van der Waals surface area contributed by atoms with E-state index < -0.39 is 0 Å². The highest BCUT2D eigenvalue weighted by Crippen LogP contribution is 2.29. The second kappa shape index (κ2) is 9.40. The summed E-state index contributed by atoms with van der Waals surface area (Å²) in [5, 5.41) is 3.24. The molecule has 0 bridgehead atoms. The molecule has 1 N–H and O–H groups in total. The Morgan fingerprint density at radius 2 is 1.66 bits per heavy atom. The van der Waals surface area contributed by atoms with Crippen LogP contribution in [0.1, 0.15) is 55.3 Å². The SMILES string of the molecule is O=C(NC1CCCCCCC1)c1ccccc1-c1ncc(-c2ccc(Br)cc2)o1. The average molecular weight is 453 g/mol. The van der Waals surface area contributed by atoms with Gasteiger partial charge in [0.1, 0.15) is 0 Å². The molecule has 1 fully saturated rings. The fraction of sp³-hybridized carbons (Fsp3) is 0.333. The van der Waals surface area contributed by atoms with E-state index in [0.29, 0.717) is 17.2 Å². The number of carbonyl (C=O) groups excluding carboxylic acids is 1. The Morgan fingerprint density at radius 3 is 2.41 bits per heavy atom. The van der Waals surface area contributed by atoms with E-state index in [2.05, 4.69) is 26.2 Å². The van der Waals surface area contributed by atoms with Crippen LogP contribution in [0.25, 0.3) is 22.8 Å². The van der Waals surface area contributed by atoms with Crippen molar-refractivity contribution in [2.45, 2.75) is 51.0 Å².